The summed E-state index contributed by atoms with van der Waals surface area (Å²) in [5.74, 6) is -2.27. The molecule has 3 N–H and O–H groups in total. The van der Waals surface area contributed by atoms with E-state index in [0.717, 1.165) is 30.9 Å². The third-order valence-electron chi connectivity index (χ3n) is 5.31. The molecule has 1 amide bonds. The molecule has 0 saturated heterocycles. The van der Waals surface area contributed by atoms with Crippen molar-refractivity contribution in [3.05, 3.63) is 50.7 Å². The van der Waals surface area contributed by atoms with Gasteiger partial charge >= 0.3 is 11.9 Å². The first-order valence-electron chi connectivity index (χ1n) is 9.08. The molecule has 2 aromatic rings. The molecule has 0 bridgehead atoms. The first kappa shape index (κ1) is 20.1. The lowest BCUT2D eigenvalue weighted by Gasteiger charge is -2.34. The average molecular weight is 401 g/mol. The Bertz CT molecular complexity index is 922. The summed E-state index contributed by atoms with van der Waals surface area (Å²) in [4.78, 5) is 36.5. The van der Waals surface area contributed by atoms with Gasteiger partial charge in [-0.2, -0.15) is 0 Å². The Labute approximate surface area is 167 Å². The number of thiophene rings is 1. The summed E-state index contributed by atoms with van der Waals surface area (Å²) in [6, 6.07) is 3.60. The number of carboxylic acids is 2. The fraction of sp³-hybridized carbons (Fsp3) is 0.381. The highest BCUT2D eigenvalue weighted by molar-refractivity contribution is 7.10. The fourth-order valence-corrected chi connectivity index (χ4v) is 4.75. The molecule has 1 aliphatic carbocycles. The maximum Gasteiger partial charge on any atom is 0.335 e. The lowest BCUT2D eigenvalue weighted by Crippen LogP contribution is -2.27. The van der Waals surface area contributed by atoms with Gasteiger partial charge in [-0.1, -0.05) is 20.8 Å². The number of anilines is 1. The molecule has 1 aromatic heterocycles. The molecule has 1 aromatic carbocycles. The highest BCUT2D eigenvalue weighted by Gasteiger charge is 2.31. The monoisotopic (exact) mass is 401 g/mol. The molecular weight excluding hydrogens is 378 g/mol. The first-order chi connectivity index (χ1) is 13.1. The second-order valence-electron chi connectivity index (χ2n) is 8.22. The molecular formula is C21H23NO5S. The maximum atomic E-state index is 12.8. The Balaban J connectivity index is 1.85. The van der Waals surface area contributed by atoms with Gasteiger partial charge in [-0.25, -0.2) is 9.59 Å². The summed E-state index contributed by atoms with van der Waals surface area (Å²) in [6.07, 6.45) is 2.80. The summed E-state index contributed by atoms with van der Waals surface area (Å²) in [5.41, 5.74) is 1.65. The van der Waals surface area contributed by atoms with E-state index in [1.807, 2.05) is 5.38 Å². The Hall–Kier alpha value is -2.67. The number of nitrogens with one attached hydrogen (secondary N) is 1. The van der Waals surface area contributed by atoms with Crippen molar-refractivity contribution >= 4 is 34.9 Å². The normalized spacial score (nSPS) is 16.3. The third kappa shape index (κ3) is 4.09. The molecule has 3 rings (SSSR count). The van der Waals surface area contributed by atoms with Crippen LogP contribution in [-0.4, -0.2) is 28.1 Å². The number of hydrogen-bond donors (Lipinski definition) is 3. The van der Waals surface area contributed by atoms with Crippen molar-refractivity contribution in [2.45, 2.75) is 40.0 Å². The van der Waals surface area contributed by atoms with Crippen LogP contribution in [0.1, 0.15) is 68.7 Å². The predicted molar refractivity (Wildman–Crippen MR) is 108 cm³/mol. The van der Waals surface area contributed by atoms with E-state index in [9.17, 15) is 24.6 Å². The highest BCUT2D eigenvalue weighted by Crippen LogP contribution is 2.40. The molecule has 0 spiro atoms. The molecule has 1 heterocycles. The van der Waals surface area contributed by atoms with Crippen LogP contribution >= 0.6 is 11.3 Å². The van der Waals surface area contributed by atoms with Crippen LogP contribution in [0.5, 0.6) is 0 Å². The predicted octanol–water partition coefficient (Wildman–Crippen LogP) is 4.55. The fourth-order valence-electron chi connectivity index (χ4n) is 3.59. The molecule has 1 aliphatic rings. The Morgan fingerprint density at radius 2 is 1.68 bits per heavy atom. The van der Waals surface area contributed by atoms with Crippen LogP contribution in [0.3, 0.4) is 0 Å². The van der Waals surface area contributed by atoms with Gasteiger partial charge < -0.3 is 15.5 Å². The van der Waals surface area contributed by atoms with Crippen LogP contribution in [0.25, 0.3) is 0 Å². The van der Waals surface area contributed by atoms with Crippen LogP contribution < -0.4 is 5.32 Å². The SMILES string of the molecule is CC(C)(C)C1CCc2c(C(=O)Nc3cc(C(=O)O)cc(C(=O)O)c3)csc2C1. The Kier molecular flexibility index (Phi) is 5.30. The van der Waals surface area contributed by atoms with E-state index in [1.54, 1.807) is 11.3 Å². The van der Waals surface area contributed by atoms with Gasteiger partial charge in [0.25, 0.3) is 5.91 Å². The van der Waals surface area contributed by atoms with E-state index in [1.165, 1.54) is 17.0 Å². The van der Waals surface area contributed by atoms with E-state index in [4.69, 9.17) is 0 Å². The number of benzene rings is 1. The third-order valence-corrected chi connectivity index (χ3v) is 6.36. The molecule has 0 radical (unpaired) electrons. The van der Waals surface area contributed by atoms with Crippen LogP contribution in [-0.2, 0) is 12.8 Å². The topological polar surface area (TPSA) is 104 Å². The number of hydrogen-bond acceptors (Lipinski definition) is 4. The molecule has 1 unspecified atom stereocenters. The molecule has 0 fully saturated rings. The van der Waals surface area contributed by atoms with E-state index in [2.05, 4.69) is 26.1 Å². The van der Waals surface area contributed by atoms with Crippen LogP contribution in [0.4, 0.5) is 5.69 Å². The molecule has 6 nitrogen and oxygen atoms in total. The van der Waals surface area contributed by atoms with Crippen LogP contribution in [0, 0.1) is 11.3 Å². The van der Waals surface area contributed by atoms with Crippen molar-refractivity contribution in [2.24, 2.45) is 11.3 Å². The van der Waals surface area contributed by atoms with E-state index in [0.29, 0.717) is 11.5 Å². The number of rotatable bonds is 4. The van der Waals surface area contributed by atoms with Gasteiger partial charge in [0.2, 0.25) is 0 Å². The van der Waals surface area contributed by atoms with Crippen molar-refractivity contribution < 1.29 is 24.6 Å². The van der Waals surface area contributed by atoms with Crippen molar-refractivity contribution in [1.82, 2.24) is 0 Å². The first-order valence-corrected chi connectivity index (χ1v) is 9.96. The molecule has 1 atom stereocenters. The number of fused-ring (bicyclic) bond motifs is 1. The average Bonchev–Trinajstić information content (AvgIpc) is 3.03. The van der Waals surface area contributed by atoms with Gasteiger partial charge in [0.05, 0.1) is 16.7 Å². The number of carbonyl (C=O) groups excluding carboxylic acids is 1. The second kappa shape index (κ2) is 7.39. The van der Waals surface area contributed by atoms with Gasteiger partial charge in [0.1, 0.15) is 0 Å². The molecule has 148 valence electrons. The summed E-state index contributed by atoms with van der Waals surface area (Å²) >= 11 is 1.58. The quantitative estimate of drug-likeness (QED) is 0.697. The Morgan fingerprint density at radius 3 is 2.21 bits per heavy atom. The van der Waals surface area contributed by atoms with E-state index < -0.39 is 11.9 Å². The standard InChI is InChI=1S/C21H23NO5S/c1-21(2,3)13-4-5-15-16(10-28-17(15)9-13)18(23)22-14-7-11(19(24)25)6-12(8-14)20(26)27/h6-8,10,13H,4-5,9H2,1-3H3,(H,22,23)(H,24,25)(H,26,27). The van der Waals surface area contributed by atoms with Gasteiger partial charge in [-0.15, -0.1) is 11.3 Å². The molecule has 0 saturated carbocycles. The minimum Gasteiger partial charge on any atom is -0.478 e. The van der Waals surface area contributed by atoms with Crippen LogP contribution in [0.2, 0.25) is 0 Å². The van der Waals surface area contributed by atoms with E-state index >= 15 is 0 Å². The van der Waals surface area contributed by atoms with Crippen molar-refractivity contribution in [3.8, 4) is 0 Å². The van der Waals surface area contributed by atoms with Gasteiger partial charge in [-0.05, 0) is 54.4 Å². The number of carboxylic acid groups (broad SMARTS) is 2. The zero-order chi connectivity index (χ0) is 20.6. The summed E-state index contributed by atoms with van der Waals surface area (Å²) in [5, 5.41) is 22.9. The second-order valence-corrected chi connectivity index (χ2v) is 9.18. The number of amides is 1. The molecule has 28 heavy (non-hydrogen) atoms. The van der Waals surface area contributed by atoms with Gasteiger partial charge in [0, 0.05) is 15.9 Å². The number of carbonyl (C=O) groups is 3. The summed E-state index contributed by atoms with van der Waals surface area (Å²) in [7, 11) is 0. The maximum absolute atomic E-state index is 12.8. The van der Waals surface area contributed by atoms with Crippen molar-refractivity contribution in [2.75, 3.05) is 5.32 Å². The van der Waals surface area contributed by atoms with Gasteiger partial charge in [-0.3, -0.25) is 4.79 Å². The smallest absolute Gasteiger partial charge is 0.335 e. The zero-order valence-corrected chi connectivity index (χ0v) is 16.9. The lowest BCUT2D eigenvalue weighted by atomic mass is 9.72. The minimum atomic E-state index is -1.25. The van der Waals surface area contributed by atoms with Gasteiger partial charge in [0.15, 0.2) is 0 Å². The Morgan fingerprint density at radius 1 is 1.07 bits per heavy atom. The molecule has 7 heteroatoms. The number of aromatic carboxylic acids is 2. The molecule has 0 aliphatic heterocycles. The lowest BCUT2D eigenvalue weighted by molar-refractivity contribution is 0.0696. The van der Waals surface area contributed by atoms with Crippen molar-refractivity contribution in [1.29, 1.82) is 0 Å². The van der Waals surface area contributed by atoms with Crippen LogP contribution in [0.15, 0.2) is 23.6 Å². The highest BCUT2D eigenvalue weighted by atomic mass is 32.1. The zero-order valence-electron chi connectivity index (χ0n) is 16.0. The largest absolute Gasteiger partial charge is 0.478 e. The summed E-state index contributed by atoms with van der Waals surface area (Å²) < 4.78 is 0. The summed E-state index contributed by atoms with van der Waals surface area (Å²) in [6.45, 7) is 6.71. The van der Waals surface area contributed by atoms with Crippen molar-refractivity contribution in [3.63, 3.8) is 0 Å². The minimum absolute atomic E-state index is 0.158. The van der Waals surface area contributed by atoms with E-state index in [-0.39, 0.29) is 28.1 Å².